The number of oxime groups is 1. The van der Waals surface area contributed by atoms with Crippen LogP contribution in [0.4, 0.5) is 5.82 Å². The molecule has 2 aromatic carbocycles. The Hall–Kier alpha value is -3.87. The number of nitrogens with zero attached hydrogens (tertiary/aromatic N) is 3. The van der Waals surface area contributed by atoms with Gasteiger partial charge >= 0.3 is 5.97 Å². The van der Waals surface area contributed by atoms with Gasteiger partial charge in [-0.15, -0.1) is 0 Å². The Bertz CT molecular complexity index is 1100. The number of amidine groups is 1. The number of benzene rings is 2. The Labute approximate surface area is 194 Å². The Morgan fingerprint density at radius 3 is 2.48 bits per heavy atom. The zero-order valence-corrected chi connectivity index (χ0v) is 19.1. The van der Waals surface area contributed by atoms with Crippen molar-refractivity contribution in [3.63, 3.8) is 0 Å². The van der Waals surface area contributed by atoms with Crippen LogP contribution in [0.25, 0.3) is 11.1 Å². The van der Waals surface area contributed by atoms with Crippen LogP contribution in [0.5, 0.6) is 0 Å². The first-order chi connectivity index (χ1) is 16.1. The summed E-state index contributed by atoms with van der Waals surface area (Å²) in [5.41, 5.74) is 9.92. The van der Waals surface area contributed by atoms with E-state index in [1.807, 2.05) is 48.5 Å². The lowest BCUT2D eigenvalue weighted by molar-refractivity contribution is 0.0526. The summed E-state index contributed by atoms with van der Waals surface area (Å²) in [5.74, 6) is 0.338. The van der Waals surface area contributed by atoms with Crippen LogP contribution in [0.3, 0.4) is 0 Å². The van der Waals surface area contributed by atoms with Gasteiger partial charge in [0.25, 0.3) is 0 Å². The van der Waals surface area contributed by atoms with Crippen LogP contribution in [0.1, 0.15) is 48.2 Å². The minimum Gasteiger partial charge on any atom is -0.462 e. The Morgan fingerprint density at radius 1 is 1.06 bits per heavy atom. The molecular formula is C26H30N4O3. The van der Waals surface area contributed by atoms with E-state index in [9.17, 15) is 4.79 Å². The highest BCUT2D eigenvalue weighted by atomic mass is 16.5. The van der Waals surface area contributed by atoms with E-state index in [1.165, 1.54) is 0 Å². The third-order valence-electron chi connectivity index (χ3n) is 5.31. The number of rotatable bonds is 10. The molecule has 0 amide bonds. The molecule has 0 aliphatic rings. The molecule has 1 aromatic heterocycles. The second-order valence-corrected chi connectivity index (χ2v) is 7.60. The van der Waals surface area contributed by atoms with Gasteiger partial charge < -0.3 is 20.6 Å². The molecule has 0 saturated heterocycles. The number of carbonyl (C=O) groups is 1. The lowest BCUT2D eigenvalue weighted by atomic mass is 9.98. The molecule has 0 spiro atoms. The molecule has 0 saturated carbocycles. The predicted molar refractivity (Wildman–Crippen MR) is 131 cm³/mol. The summed E-state index contributed by atoms with van der Waals surface area (Å²) in [6.07, 6.45) is 3.70. The average Bonchev–Trinajstić information content (AvgIpc) is 2.86. The fourth-order valence-electron chi connectivity index (χ4n) is 3.65. The minimum atomic E-state index is -0.364. The monoisotopic (exact) mass is 446 g/mol. The van der Waals surface area contributed by atoms with Gasteiger partial charge in [-0.25, -0.2) is 9.78 Å². The number of esters is 1. The second kappa shape index (κ2) is 11.7. The Balaban J connectivity index is 1.89. The minimum absolute atomic E-state index is 0.0714. The topological polar surface area (TPSA) is 101 Å². The molecule has 172 valence electrons. The largest absolute Gasteiger partial charge is 0.462 e. The Kier molecular flexibility index (Phi) is 8.41. The summed E-state index contributed by atoms with van der Waals surface area (Å²) in [4.78, 5) is 19.1. The van der Waals surface area contributed by atoms with Crippen LogP contribution in [-0.2, 0) is 11.3 Å². The molecule has 3 aromatic rings. The van der Waals surface area contributed by atoms with Crippen molar-refractivity contribution in [1.29, 1.82) is 0 Å². The summed E-state index contributed by atoms with van der Waals surface area (Å²) >= 11 is 0. The molecule has 0 radical (unpaired) electrons. The van der Waals surface area contributed by atoms with E-state index in [4.69, 9.17) is 15.7 Å². The number of ether oxygens (including phenoxy) is 1. The van der Waals surface area contributed by atoms with Crippen LogP contribution in [0.15, 0.2) is 72.0 Å². The van der Waals surface area contributed by atoms with Crippen LogP contribution in [-0.4, -0.2) is 35.1 Å². The molecule has 0 aliphatic carbocycles. The number of carbonyl (C=O) groups excluding carboxylic acids is 1. The summed E-state index contributed by atoms with van der Waals surface area (Å²) in [6, 6.07) is 19.2. The second-order valence-electron chi connectivity index (χ2n) is 7.60. The molecule has 0 bridgehead atoms. The molecular weight excluding hydrogens is 416 g/mol. The average molecular weight is 447 g/mol. The summed E-state index contributed by atoms with van der Waals surface area (Å²) < 4.78 is 5.23. The first-order valence-corrected chi connectivity index (χ1v) is 11.1. The quantitative estimate of drug-likeness (QED) is 0.152. The molecule has 0 fully saturated rings. The van der Waals surface area contributed by atoms with Gasteiger partial charge in [-0.2, -0.15) is 0 Å². The Morgan fingerprint density at radius 2 is 1.79 bits per heavy atom. The SMILES string of the molecule is CCCCN(Cc1ccc(-c2ccccc2/C(N)=N/O)cc1)c1ncccc1C(=O)OCC. The molecule has 7 heteroatoms. The van der Waals surface area contributed by atoms with Gasteiger partial charge in [0.05, 0.1) is 6.61 Å². The summed E-state index contributed by atoms with van der Waals surface area (Å²) in [5, 5.41) is 12.2. The van der Waals surface area contributed by atoms with E-state index in [1.54, 1.807) is 25.3 Å². The van der Waals surface area contributed by atoms with Crippen molar-refractivity contribution in [3.05, 3.63) is 83.6 Å². The maximum absolute atomic E-state index is 12.5. The van der Waals surface area contributed by atoms with E-state index in [2.05, 4.69) is 22.0 Å². The molecule has 7 nitrogen and oxygen atoms in total. The van der Waals surface area contributed by atoms with Crippen molar-refractivity contribution >= 4 is 17.6 Å². The number of aromatic nitrogens is 1. The van der Waals surface area contributed by atoms with Crippen molar-refractivity contribution in [1.82, 2.24) is 4.98 Å². The van der Waals surface area contributed by atoms with Gasteiger partial charge in [-0.05, 0) is 42.2 Å². The van der Waals surface area contributed by atoms with Crippen LogP contribution in [0, 0.1) is 0 Å². The highest BCUT2D eigenvalue weighted by Gasteiger charge is 2.19. The first kappa shape index (κ1) is 23.8. The lowest BCUT2D eigenvalue weighted by Crippen LogP contribution is -2.27. The molecule has 1 heterocycles. The third kappa shape index (κ3) is 5.88. The highest BCUT2D eigenvalue weighted by Crippen LogP contribution is 2.26. The molecule has 0 atom stereocenters. The van der Waals surface area contributed by atoms with Gasteiger partial charge in [0.2, 0.25) is 0 Å². The van der Waals surface area contributed by atoms with Crippen LogP contribution < -0.4 is 10.6 Å². The van der Waals surface area contributed by atoms with Gasteiger partial charge in [0, 0.05) is 24.8 Å². The number of pyridine rings is 1. The normalized spacial score (nSPS) is 11.3. The fourth-order valence-corrected chi connectivity index (χ4v) is 3.65. The van der Waals surface area contributed by atoms with E-state index in [-0.39, 0.29) is 11.8 Å². The van der Waals surface area contributed by atoms with E-state index >= 15 is 0 Å². The standard InChI is InChI=1S/C26H30N4O3/c1-3-5-17-30(25-23(11-8-16-28-25)26(31)33-4-2)18-19-12-14-20(15-13-19)21-9-6-7-10-22(21)24(27)29-32/h6-16,32H,3-5,17-18H2,1-2H3,(H2,27,29). The number of unbranched alkanes of at least 4 members (excludes halogenated alkanes) is 1. The number of hydrogen-bond donors (Lipinski definition) is 2. The van der Waals surface area contributed by atoms with Crippen molar-refractivity contribution in [2.75, 3.05) is 18.1 Å². The molecule has 0 aliphatic heterocycles. The first-order valence-electron chi connectivity index (χ1n) is 11.1. The maximum atomic E-state index is 12.5. The maximum Gasteiger partial charge on any atom is 0.341 e. The highest BCUT2D eigenvalue weighted by molar-refractivity contribution is 6.03. The zero-order chi connectivity index (χ0) is 23.6. The van der Waals surface area contributed by atoms with E-state index < -0.39 is 0 Å². The van der Waals surface area contributed by atoms with Crippen LogP contribution in [0.2, 0.25) is 0 Å². The number of hydrogen-bond acceptors (Lipinski definition) is 6. The van der Waals surface area contributed by atoms with Crippen molar-refractivity contribution in [2.24, 2.45) is 10.9 Å². The predicted octanol–water partition coefficient (Wildman–Crippen LogP) is 4.83. The zero-order valence-electron chi connectivity index (χ0n) is 19.1. The lowest BCUT2D eigenvalue weighted by Gasteiger charge is -2.25. The number of nitrogens with two attached hydrogens (primary N) is 1. The molecule has 3 rings (SSSR count). The van der Waals surface area contributed by atoms with E-state index in [0.717, 1.165) is 36.1 Å². The van der Waals surface area contributed by atoms with Gasteiger partial charge in [-0.1, -0.05) is 67.0 Å². The van der Waals surface area contributed by atoms with Gasteiger partial charge in [0.15, 0.2) is 5.84 Å². The van der Waals surface area contributed by atoms with E-state index in [0.29, 0.717) is 30.1 Å². The smallest absolute Gasteiger partial charge is 0.341 e. The van der Waals surface area contributed by atoms with Crippen molar-refractivity contribution in [2.45, 2.75) is 33.2 Å². The fraction of sp³-hybridized carbons (Fsp3) is 0.269. The van der Waals surface area contributed by atoms with Gasteiger partial charge in [0.1, 0.15) is 11.4 Å². The summed E-state index contributed by atoms with van der Waals surface area (Å²) in [7, 11) is 0. The molecule has 33 heavy (non-hydrogen) atoms. The molecule has 0 unspecified atom stereocenters. The van der Waals surface area contributed by atoms with Crippen molar-refractivity contribution in [3.8, 4) is 11.1 Å². The summed E-state index contributed by atoms with van der Waals surface area (Å²) in [6.45, 7) is 5.62. The van der Waals surface area contributed by atoms with Crippen molar-refractivity contribution < 1.29 is 14.7 Å². The number of anilines is 1. The third-order valence-corrected chi connectivity index (χ3v) is 5.31. The molecule has 3 N–H and O–H groups in total. The van der Waals surface area contributed by atoms with Crippen LogP contribution >= 0.6 is 0 Å². The van der Waals surface area contributed by atoms with Gasteiger partial charge in [-0.3, -0.25) is 0 Å².